The second-order valence-corrected chi connectivity index (χ2v) is 9.85. The monoisotopic (exact) mass is 395 g/mol. The van der Waals surface area contributed by atoms with Gasteiger partial charge in [-0.1, -0.05) is 91.8 Å². The molecule has 1 unspecified atom stereocenters. The molecule has 0 saturated heterocycles. The lowest BCUT2D eigenvalue weighted by Crippen LogP contribution is -3.06. The summed E-state index contributed by atoms with van der Waals surface area (Å²) < 4.78 is 0. The largest absolute Gasteiger partial charge is 0.327 e. The summed E-state index contributed by atoms with van der Waals surface area (Å²) in [6.45, 7) is 19.4. The second kappa shape index (κ2) is 9.80. The molecule has 2 aromatic rings. The van der Waals surface area contributed by atoms with Gasteiger partial charge in [-0.25, -0.2) is 0 Å². The van der Waals surface area contributed by atoms with Crippen LogP contribution in [0.5, 0.6) is 0 Å². The van der Waals surface area contributed by atoms with Gasteiger partial charge in [0.25, 0.3) is 0 Å². The summed E-state index contributed by atoms with van der Waals surface area (Å²) in [5.41, 5.74) is 8.76. The van der Waals surface area contributed by atoms with Gasteiger partial charge in [-0.3, -0.25) is 4.90 Å². The number of hydrogen-bond donors (Lipinski definition) is 1. The molecule has 0 spiro atoms. The first-order chi connectivity index (χ1) is 13.6. The number of rotatable bonds is 8. The Morgan fingerprint density at radius 1 is 0.655 bits per heavy atom. The predicted octanol–water partition coefficient (Wildman–Crippen LogP) is 6.42. The molecule has 1 atom stereocenters. The third-order valence-electron chi connectivity index (χ3n) is 6.00. The summed E-state index contributed by atoms with van der Waals surface area (Å²) in [5.74, 6) is 2.08. The zero-order chi connectivity index (χ0) is 21.9. The number of anilines is 1. The van der Waals surface area contributed by atoms with Gasteiger partial charge in [-0.05, 0) is 34.8 Å². The second-order valence-electron chi connectivity index (χ2n) is 9.85. The van der Waals surface area contributed by atoms with Crippen LogP contribution >= 0.6 is 0 Å². The Labute approximate surface area is 179 Å². The van der Waals surface area contributed by atoms with Gasteiger partial charge in [0.1, 0.15) is 5.69 Å². The summed E-state index contributed by atoms with van der Waals surface area (Å²) in [6, 6.07) is 13.7. The summed E-state index contributed by atoms with van der Waals surface area (Å²) in [7, 11) is 4.60. The molecule has 0 heterocycles. The van der Waals surface area contributed by atoms with Crippen LogP contribution in [0.3, 0.4) is 0 Å². The molecule has 0 amide bonds. The van der Waals surface area contributed by atoms with Crippen molar-refractivity contribution in [3.63, 3.8) is 0 Å². The molecule has 0 radical (unpaired) electrons. The lowest BCUT2D eigenvalue weighted by Gasteiger charge is -2.31. The molecule has 160 valence electrons. The first-order valence-corrected chi connectivity index (χ1v) is 11.4. The SMILES string of the molecule is CC(C)c1cccc(C(C)C)c1N(C)C[NH+](C)c1c(C(C)C)cccc1C(C)C. The molecule has 0 aromatic heterocycles. The van der Waals surface area contributed by atoms with Gasteiger partial charge in [0.2, 0.25) is 0 Å². The first-order valence-electron chi connectivity index (χ1n) is 11.4. The molecule has 0 aliphatic rings. The predicted molar refractivity (Wildman–Crippen MR) is 129 cm³/mol. The molecule has 0 fully saturated rings. The Bertz CT molecular complexity index is 682. The van der Waals surface area contributed by atoms with Crippen molar-refractivity contribution in [2.75, 3.05) is 25.7 Å². The quantitative estimate of drug-likeness (QED) is 0.507. The highest BCUT2D eigenvalue weighted by atomic mass is 15.3. The van der Waals surface area contributed by atoms with Crippen molar-refractivity contribution in [1.82, 2.24) is 0 Å². The van der Waals surface area contributed by atoms with Crippen LogP contribution in [0.2, 0.25) is 0 Å². The summed E-state index contributed by atoms with van der Waals surface area (Å²) in [5, 5.41) is 0. The number of para-hydroxylation sites is 2. The zero-order valence-electron chi connectivity index (χ0n) is 20.4. The first kappa shape index (κ1) is 23.5. The van der Waals surface area contributed by atoms with Crippen molar-refractivity contribution >= 4 is 11.4 Å². The van der Waals surface area contributed by atoms with Crippen LogP contribution in [0.4, 0.5) is 11.4 Å². The maximum Gasteiger partial charge on any atom is 0.157 e. The maximum absolute atomic E-state index is 2.49. The minimum atomic E-state index is 0.514. The van der Waals surface area contributed by atoms with Gasteiger partial charge in [0.05, 0.1) is 7.05 Å². The standard InChI is InChI=1S/C27H42N2/c1-18(2)22-13-11-14-23(19(3)4)26(22)28(9)17-29(10)27-24(20(5)6)15-12-16-25(27)21(7)8/h11-16,18-21H,17H2,1-10H3/p+1. The Balaban J connectivity index is 2.49. The highest BCUT2D eigenvalue weighted by molar-refractivity contribution is 5.61. The van der Waals surface area contributed by atoms with Crippen molar-refractivity contribution in [3.8, 4) is 0 Å². The van der Waals surface area contributed by atoms with Gasteiger partial charge in [0.15, 0.2) is 6.67 Å². The van der Waals surface area contributed by atoms with E-state index in [1.807, 2.05) is 0 Å². The van der Waals surface area contributed by atoms with Crippen LogP contribution in [-0.4, -0.2) is 20.8 Å². The summed E-state index contributed by atoms with van der Waals surface area (Å²) >= 11 is 0. The van der Waals surface area contributed by atoms with Crippen LogP contribution in [0, 0.1) is 0 Å². The Morgan fingerprint density at radius 2 is 1.00 bits per heavy atom. The van der Waals surface area contributed by atoms with E-state index in [1.54, 1.807) is 0 Å². The Kier molecular flexibility index (Phi) is 7.94. The van der Waals surface area contributed by atoms with Gasteiger partial charge < -0.3 is 4.90 Å². The van der Waals surface area contributed by atoms with E-state index in [2.05, 4.69) is 111 Å². The van der Waals surface area contributed by atoms with Gasteiger partial charge in [-0.15, -0.1) is 0 Å². The van der Waals surface area contributed by atoms with Crippen LogP contribution < -0.4 is 9.80 Å². The third-order valence-corrected chi connectivity index (χ3v) is 6.00. The van der Waals surface area contributed by atoms with E-state index in [1.165, 1.54) is 38.5 Å². The van der Waals surface area contributed by atoms with E-state index >= 15 is 0 Å². The molecule has 1 N–H and O–H groups in total. The van der Waals surface area contributed by atoms with Gasteiger partial charge in [0, 0.05) is 23.9 Å². The van der Waals surface area contributed by atoms with E-state index in [9.17, 15) is 0 Å². The maximum atomic E-state index is 2.49. The zero-order valence-corrected chi connectivity index (χ0v) is 20.4. The van der Waals surface area contributed by atoms with Gasteiger partial charge >= 0.3 is 0 Å². The lowest BCUT2D eigenvalue weighted by molar-refractivity contribution is -0.810. The lowest BCUT2D eigenvalue weighted by atomic mass is 9.91. The van der Waals surface area contributed by atoms with E-state index in [0.717, 1.165) is 6.67 Å². The molecule has 2 nitrogen and oxygen atoms in total. The molecule has 0 aliphatic heterocycles. The number of nitrogens with zero attached hydrogens (tertiary/aromatic N) is 1. The molecular formula is C27H43N2+. The van der Waals surface area contributed by atoms with Crippen LogP contribution in [-0.2, 0) is 0 Å². The molecule has 2 aromatic carbocycles. The topological polar surface area (TPSA) is 7.68 Å². The average molecular weight is 396 g/mol. The fourth-order valence-electron chi connectivity index (χ4n) is 4.51. The van der Waals surface area contributed by atoms with Crippen LogP contribution in [0.25, 0.3) is 0 Å². The van der Waals surface area contributed by atoms with Gasteiger partial charge in [-0.2, -0.15) is 0 Å². The minimum Gasteiger partial charge on any atom is -0.327 e. The van der Waals surface area contributed by atoms with Crippen molar-refractivity contribution in [1.29, 1.82) is 0 Å². The van der Waals surface area contributed by atoms with Crippen molar-refractivity contribution < 1.29 is 4.90 Å². The van der Waals surface area contributed by atoms with Crippen molar-refractivity contribution in [2.24, 2.45) is 0 Å². The van der Waals surface area contributed by atoms with Crippen molar-refractivity contribution in [3.05, 3.63) is 58.7 Å². The number of benzene rings is 2. The van der Waals surface area contributed by atoms with E-state index in [0.29, 0.717) is 23.7 Å². The molecule has 0 bridgehead atoms. The fourth-order valence-corrected chi connectivity index (χ4v) is 4.51. The van der Waals surface area contributed by atoms with Crippen molar-refractivity contribution in [2.45, 2.75) is 79.1 Å². The fraction of sp³-hybridized carbons (Fsp3) is 0.556. The average Bonchev–Trinajstić information content (AvgIpc) is 2.66. The molecule has 2 rings (SSSR count). The van der Waals surface area contributed by atoms with Crippen LogP contribution in [0.1, 0.15) is 101 Å². The number of hydrogen-bond acceptors (Lipinski definition) is 1. The molecular weight excluding hydrogens is 352 g/mol. The van der Waals surface area contributed by atoms with E-state index in [4.69, 9.17) is 0 Å². The molecule has 29 heavy (non-hydrogen) atoms. The Hall–Kier alpha value is -1.80. The Morgan fingerprint density at radius 3 is 1.34 bits per heavy atom. The summed E-state index contributed by atoms with van der Waals surface area (Å²) in [4.78, 5) is 3.95. The third kappa shape index (κ3) is 5.22. The minimum absolute atomic E-state index is 0.514. The van der Waals surface area contributed by atoms with Crippen LogP contribution in [0.15, 0.2) is 36.4 Å². The molecule has 2 heteroatoms. The highest BCUT2D eigenvalue weighted by Crippen LogP contribution is 2.35. The number of quaternary nitrogens is 1. The smallest absolute Gasteiger partial charge is 0.157 e. The number of nitrogens with one attached hydrogen (secondary N) is 1. The van der Waals surface area contributed by atoms with E-state index < -0.39 is 0 Å². The normalized spacial score (nSPS) is 13.0. The highest BCUT2D eigenvalue weighted by Gasteiger charge is 2.24. The summed E-state index contributed by atoms with van der Waals surface area (Å²) in [6.07, 6.45) is 0. The van der Waals surface area contributed by atoms with E-state index in [-0.39, 0.29) is 0 Å². The molecule has 0 saturated carbocycles. The molecule has 0 aliphatic carbocycles.